The lowest BCUT2D eigenvalue weighted by Gasteiger charge is -2.18. The van der Waals surface area contributed by atoms with Crippen LogP contribution in [0.4, 0.5) is 5.69 Å². The van der Waals surface area contributed by atoms with E-state index in [0.29, 0.717) is 5.92 Å². The van der Waals surface area contributed by atoms with E-state index >= 15 is 0 Å². The molecular formula is C19H27N2. The Morgan fingerprint density at radius 2 is 1.48 bits per heavy atom. The zero-order valence-electron chi connectivity index (χ0n) is 13.3. The summed E-state index contributed by atoms with van der Waals surface area (Å²) in [5, 5.41) is 4.58. The predicted molar refractivity (Wildman–Crippen MR) is 89.2 cm³/mol. The first-order chi connectivity index (χ1) is 10.4. The molecule has 21 heavy (non-hydrogen) atoms. The minimum absolute atomic E-state index is 0.620. The Morgan fingerprint density at radius 3 is 2.14 bits per heavy atom. The summed E-state index contributed by atoms with van der Waals surface area (Å²) >= 11 is 0. The molecule has 1 aromatic rings. The fraction of sp³-hybridized carbons (Fsp3) is 0.632. The molecule has 1 radical (unpaired) electrons. The van der Waals surface area contributed by atoms with Crippen LogP contribution in [0, 0.1) is 12.8 Å². The highest BCUT2D eigenvalue weighted by Crippen LogP contribution is 2.33. The molecule has 0 atom stereocenters. The van der Waals surface area contributed by atoms with Crippen molar-refractivity contribution in [1.29, 1.82) is 0 Å². The van der Waals surface area contributed by atoms with Gasteiger partial charge in [0.05, 0.1) is 11.4 Å². The Labute approximate surface area is 129 Å². The molecule has 0 aromatic heterocycles. The fourth-order valence-corrected chi connectivity index (χ4v) is 3.77. The minimum atomic E-state index is 0.620. The van der Waals surface area contributed by atoms with Crippen molar-refractivity contribution in [3.05, 3.63) is 29.3 Å². The third-order valence-electron chi connectivity index (χ3n) is 5.01. The van der Waals surface area contributed by atoms with E-state index in [9.17, 15) is 0 Å². The van der Waals surface area contributed by atoms with E-state index in [-0.39, 0.29) is 0 Å². The molecule has 0 bridgehead atoms. The highest BCUT2D eigenvalue weighted by atomic mass is 15.3. The Hall–Kier alpha value is -1.31. The number of hydrogen-bond donors (Lipinski definition) is 0. The van der Waals surface area contributed by atoms with Gasteiger partial charge in [0.2, 0.25) is 0 Å². The van der Waals surface area contributed by atoms with Crippen molar-refractivity contribution in [2.75, 3.05) is 0 Å². The van der Waals surface area contributed by atoms with Crippen molar-refractivity contribution in [3.63, 3.8) is 0 Å². The van der Waals surface area contributed by atoms with Crippen LogP contribution in [0.25, 0.3) is 0 Å². The lowest BCUT2D eigenvalue weighted by atomic mass is 9.86. The van der Waals surface area contributed by atoms with Crippen LogP contribution in [-0.4, -0.2) is 5.71 Å². The van der Waals surface area contributed by atoms with Gasteiger partial charge in [0, 0.05) is 11.5 Å². The third kappa shape index (κ3) is 3.48. The maximum atomic E-state index is 4.58. The summed E-state index contributed by atoms with van der Waals surface area (Å²) in [6, 6.07) is 6.39. The standard InChI is InChI=1S/C19H27N2/c1-15-11-10-14-17-18(15)19(21-20-17)16-12-8-6-4-2-3-5-7-9-13-16/h10-11,14,16H,2-9,12-13H2,1H3. The lowest BCUT2D eigenvalue weighted by Crippen LogP contribution is -2.15. The number of rotatable bonds is 1. The number of benzene rings is 1. The molecule has 0 saturated heterocycles. The zero-order chi connectivity index (χ0) is 14.5. The van der Waals surface area contributed by atoms with Gasteiger partial charge < -0.3 is 0 Å². The third-order valence-corrected chi connectivity index (χ3v) is 5.01. The van der Waals surface area contributed by atoms with Gasteiger partial charge in [-0.3, -0.25) is 0 Å². The molecule has 3 rings (SSSR count). The smallest absolute Gasteiger partial charge is 0.0950 e. The summed E-state index contributed by atoms with van der Waals surface area (Å²) in [4.78, 5) is 0. The van der Waals surface area contributed by atoms with Crippen LogP contribution in [0.5, 0.6) is 0 Å². The SMILES string of the molecule is Cc1cccc2c1C(C1CCCCCCCCCC1)=N[N]2. The summed E-state index contributed by atoms with van der Waals surface area (Å²) < 4.78 is 0. The Morgan fingerprint density at radius 1 is 0.857 bits per heavy atom. The molecular weight excluding hydrogens is 256 g/mol. The van der Waals surface area contributed by atoms with Gasteiger partial charge in [-0.2, -0.15) is 10.5 Å². The molecule has 1 aromatic carbocycles. The molecule has 113 valence electrons. The van der Waals surface area contributed by atoms with Crippen molar-refractivity contribution in [1.82, 2.24) is 5.43 Å². The van der Waals surface area contributed by atoms with Gasteiger partial charge in [-0.15, -0.1) is 0 Å². The highest BCUT2D eigenvalue weighted by Gasteiger charge is 2.26. The topological polar surface area (TPSA) is 26.5 Å². The molecule has 0 spiro atoms. The molecule has 2 heteroatoms. The molecule has 2 nitrogen and oxygen atoms in total. The van der Waals surface area contributed by atoms with E-state index in [1.165, 1.54) is 81.0 Å². The van der Waals surface area contributed by atoms with Gasteiger partial charge >= 0.3 is 0 Å². The van der Waals surface area contributed by atoms with Crippen molar-refractivity contribution in [2.24, 2.45) is 11.0 Å². The average molecular weight is 283 g/mol. The average Bonchev–Trinajstić information content (AvgIpc) is 2.89. The lowest BCUT2D eigenvalue weighted by molar-refractivity contribution is 0.511. The fourth-order valence-electron chi connectivity index (χ4n) is 3.77. The van der Waals surface area contributed by atoms with Gasteiger partial charge in [-0.05, 0) is 31.4 Å². The largest absolute Gasteiger partial charge is 0.154 e. The Kier molecular flexibility index (Phi) is 4.95. The van der Waals surface area contributed by atoms with E-state index < -0.39 is 0 Å². The summed E-state index contributed by atoms with van der Waals surface area (Å²) in [5.41, 5.74) is 9.45. The maximum absolute atomic E-state index is 4.58. The Balaban J connectivity index is 1.75. The van der Waals surface area contributed by atoms with Crippen LogP contribution < -0.4 is 5.43 Å². The van der Waals surface area contributed by atoms with Crippen LogP contribution >= 0.6 is 0 Å². The summed E-state index contributed by atoms with van der Waals surface area (Å²) in [5.74, 6) is 0.620. The van der Waals surface area contributed by atoms with Gasteiger partial charge in [0.15, 0.2) is 0 Å². The number of nitrogens with zero attached hydrogens (tertiary/aromatic N) is 2. The van der Waals surface area contributed by atoms with Gasteiger partial charge in [-0.1, -0.05) is 63.5 Å². The normalized spacial score (nSPS) is 21.1. The quantitative estimate of drug-likeness (QED) is 0.652. The summed E-state index contributed by atoms with van der Waals surface area (Å²) in [6.07, 6.45) is 13.8. The molecule has 1 aliphatic heterocycles. The van der Waals surface area contributed by atoms with Gasteiger partial charge in [0.1, 0.15) is 0 Å². The molecule has 1 saturated carbocycles. The monoisotopic (exact) mass is 283 g/mol. The first-order valence-electron chi connectivity index (χ1n) is 8.75. The molecule has 0 N–H and O–H groups in total. The van der Waals surface area contributed by atoms with Crippen LogP contribution in [0.15, 0.2) is 23.3 Å². The minimum Gasteiger partial charge on any atom is -0.154 e. The van der Waals surface area contributed by atoms with E-state index in [1.54, 1.807) is 0 Å². The van der Waals surface area contributed by atoms with Gasteiger partial charge in [0.25, 0.3) is 0 Å². The Bertz CT molecular complexity index is 492. The van der Waals surface area contributed by atoms with Crippen LogP contribution in [-0.2, 0) is 0 Å². The molecule has 1 aliphatic carbocycles. The molecule has 1 fully saturated rings. The first kappa shape index (κ1) is 14.6. The first-order valence-corrected chi connectivity index (χ1v) is 8.75. The van der Waals surface area contributed by atoms with Crippen LogP contribution in [0.1, 0.15) is 75.3 Å². The number of aryl methyl sites for hydroxylation is 1. The highest BCUT2D eigenvalue weighted by molar-refractivity contribution is 6.09. The second kappa shape index (κ2) is 7.11. The van der Waals surface area contributed by atoms with Crippen molar-refractivity contribution < 1.29 is 0 Å². The van der Waals surface area contributed by atoms with Crippen molar-refractivity contribution >= 4 is 11.4 Å². The van der Waals surface area contributed by atoms with E-state index in [1.807, 2.05) is 0 Å². The maximum Gasteiger partial charge on any atom is 0.0950 e. The molecule has 0 amide bonds. The van der Waals surface area contributed by atoms with Crippen LogP contribution in [0.3, 0.4) is 0 Å². The molecule has 1 heterocycles. The number of fused-ring (bicyclic) bond motifs is 1. The second-order valence-electron chi connectivity index (χ2n) is 6.66. The number of hydrogen-bond acceptors (Lipinski definition) is 1. The predicted octanol–water partition coefficient (Wildman–Crippen LogP) is 5.48. The van der Waals surface area contributed by atoms with Crippen molar-refractivity contribution in [3.8, 4) is 0 Å². The van der Waals surface area contributed by atoms with Crippen molar-refractivity contribution in [2.45, 2.75) is 71.1 Å². The van der Waals surface area contributed by atoms with E-state index in [4.69, 9.17) is 0 Å². The summed E-state index contributed by atoms with van der Waals surface area (Å²) in [6.45, 7) is 2.19. The van der Waals surface area contributed by atoms with Gasteiger partial charge in [-0.25, -0.2) is 0 Å². The molecule has 2 aliphatic rings. The van der Waals surface area contributed by atoms with E-state index in [0.717, 1.165) is 5.69 Å². The van der Waals surface area contributed by atoms with Crippen LogP contribution in [0.2, 0.25) is 0 Å². The van der Waals surface area contributed by atoms with E-state index in [2.05, 4.69) is 35.7 Å². The molecule has 0 unspecified atom stereocenters. The zero-order valence-corrected chi connectivity index (χ0v) is 13.3. The second-order valence-corrected chi connectivity index (χ2v) is 6.66. The summed E-state index contributed by atoms with van der Waals surface area (Å²) in [7, 11) is 0.